The summed E-state index contributed by atoms with van der Waals surface area (Å²) in [5.41, 5.74) is 0. The fourth-order valence-electron chi connectivity index (χ4n) is 2.78. The highest BCUT2D eigenvalue weighted by atomic mass is 32.1. The minimum Gasteiger partial charge on any atom is -0.481 e. The molecule has 0 aliphatic carbocycles. The van der Waals surface area contributed by atoms with Crippen molar-refractivity contribution < 1.29 is 14.4 Å². The van der Waals surface area contributed by atoms with Gasteiger partial charge in [-0.25, -0.2) is 0 Å². The molecule has 0 spiro atoms. The molecule has 1 N–H and O–H groups in total. The lowest BCUT2D eigenvalue weighted by Crippen LogP contribution is -2.39. The first-order valence-corrected chi connectivity index (χ1v) is 8.42. The number of carboxylic acid groups (broad SMARTS) is 1. The first kappa shape index (κ1) is 15.2. The van der Waals surface area contributed by atoms with E-state index in [1.807, 2.05) is 17.5 Å². The molecule has 2 aromatic heterocycles. The summed E-state index contributed by atoms with van der Waals surface area (Å²) in [6.07, 6.45) is 3.38. The van der Waals surface area contributed by atoms with Gasteiger partial charge in [0.1, 0.15) is 0 Å². The SMILES string of the molecule is O=C(O)[C@@H]1CCCN(CCCc2nc(-c3cccs3)no2)C1. The molecule has 1 aliphatic rings. The van der Waals surface area contributed by atoms with Crippen LogP contribution in [0.15, 0.2) is 22.0 Å². The van der Waals surface area contributed by atoms with Crippen molar-refractivity contribution in [3.05, 3.63) is 23.4 Å². The summed E-state index contributed by atoms with van der Waals surface area (Å²) in [6, 6.07) is 3.93. The van der Waals surface area contributed by atoms with Crippen molar-refractivity contribution in [1.82, 2.24) is 15.0 Å². The van der Waals surface area contributed by atoms with Crippen LogP contribution < -0.4 is 0 Å². The molecule has 118 valence electrons. The number of likely N-dealkylation sites (tertiary alicyclic amines) is 1. The Bertz CT molecular complexity index is 611. The average molecular weight is 321 g/mol. The quantitative estimate of drug-likeness (QED) is 0.880. The first-order valence-electron chi connectivity index (χ1n) is 7.54. The van der Waals surface area contributed by atoms with E-state index in [1.54, 1.807) is 11.3 Å². The fraction of sp³-hybridized carbons (Fsp3) is 0.533. The smallest absolute Gasteiger partial charge is 0.307 e. The lowest BCUT2D eigenvalue weighted by molar-refractivity contribution is -0.143. The molecular formula is C15H19N3O3S. The Hall–Kier alpha value is -1.73. The van der Waals surface area contributed by atoms with Gasteiger partial charge in [0.2, 0.25) is 11.7 Å². The van der Waals surface area contributed by atoms with Crippen molar-refractivity contribution in [2.45, 2.75) is 25.7 Å². The van der Waals surface area contributed by atoms with E-state index in [0.717, 1.165) is 43.6 Å². The number of thiophene rings is 1. The van der Waals surface area contributed by atoms with Crippen LogP contribution in [0.2, 0.25) is 0 Å². The second-order valence-corrected chi connectivity index (χ2v) is 6.52. The molecule has 7 heteroatoms. The number of rotatable bonds is 6. The predicted molar refractivity (Wildman–Crippen MR) is 82.7 cm³/mol. The Kier molecular flexibility index (Phi) is 4.84. The maximum atomic E-state index is 11.1. The molecule has 1 aliphatic heterocycles. The van der Waals surface area contributed by atoms with Crippen molar-refractivity contribution in [2.75, 3.05) is 19.6 Å². The highest BCUT2D eigenvalue weighted by molar-refractivity contribution is 7.13. The summed E-state index contributed by atoms with van der Waals surface area (Å²) in [4.78, 5) is 18.7. The molecule has 0 amide bonds. The zero-order valence-electron chi connectivity index (χ0n) is 12.3. The van der Waals surface area contributed by atoms with Gasteiger partial charge in [-0.2, -0.15) is 4.98 Å². The minimum absolute atomic E-state index is 0.220. The van der Waals surface area contributed by atoms with Crippen LogP contribution in [0.5, 0.6) is 0 Å². The summed E-state index contributed by atoms with van der Waals surface area (Å²) in [5.74, 6) is 0.397. The largest absolute Gasteiger partial charge is 0.481 e. The molecule has 0 aromatic carbocycles. The summed E-state index contributed by atoms with van der Waals surface area (Å²) in [5, 5.41) is 15.1. The van der Waals surface area contributed by atoms with E-state index in [1.165, 1.54) is 0 Å². The van der Waals surface area contributed by atoms with Crippen LogP contribution in [0, 0.1) is 5.92 Å². The van der Waals surface area contributed by atoms with E-state index in [4.69, 9.17) is 9.63 Å². The van der Waals surface area contributed by atoms with Crippen LogP contribution in [0.1, 0.15) is 25.2 Å². The Morgan fingerprint density at radius 2 is 2.45 bits per heavy atom. The second-order valence-electron chi connectivity index (χ2n) is 5.57. The molecule has 0 unspecified atom stereocenters. The van der Waals surface area contributed by atoms with Gasteiger partial charge < -0.3 is 14.5 Å². The minimum atomic E-state index is -0.679. The van der Waals surface area contributed by atoms with Crippen molar-refractivity contribution in [3.63, 3.8) is 0 Å². The van der Waals surface area contributed by atoms with Crippen LogP contribution in [-0.4, -0.2) is 45.8 Å². The average Bonchev–Trinajstić information content (AvgIpc) is 3.18. The van der Waals surface area contributed by atoms with Crippen molar-refractivity contribution in [2.24, 2.45) is 5.92 Å². The van der Waals surface area contributed by atoms with Gasteiger partial charge in [-0.1, -0.05) is 11.2 Å². The van der Waals surface area contributed by atoms with Crippen LogP contribution in [0.3, 0.4) is 0 Å². The molecule has 0 radical (unpaired) electrons. The molecule has 3 rings (SSSR count). The third kappa shape index (κ3) is 3.72. The van der Waals surface area contributed by atoms with Crippen LogP contribution in [0.25, 0.3) is 10.7 Å². The fourth-order valence-corrected chi connectivity index (χ4v) is 3.43. The number of nitrogens with zero attached hydrogens (tertiary/aromatic N) is 3. The zero-order chi connectivity index (χ0) is 15.4. The van der Waals surface area contributed by atoms with Gasteiger partial charge in [0.25, 0.3) is 0 Å². The van der Waals surface area contributed by atoms with Crippen molar-refractivity contribution in [1.29, 1.82) is 0 Å². The number of aryl methyl sites for hydroxylation is 1. The standard InChI is InChI=1S/C15H19N3O3S/c19-15(20)11-4-1-7-18(10-11)8-2-6-13-16-14(17-21-13)12-5-3-9-22-12/h3,5,9,11H,1-2,4,6-8,10H2,(H,19,20)/t11-/m1/s1. The molecule has 0 bridgehead atoms. The summed E-state index contributed by atoms with van der Waals surface area (Å²) in [7, 11) is 0. The Morgan fingerprint density at radius 3 is 3.23 bits per heavy atom. The van der Waals surface area contributed by atoms with Crippen molar-refractivity contribution >= 4 is 17.3 Å². The topological polar surface area (TPSA) is 79.5 Å². The maximum absolute atomic E-state index is 11.1. The molecule has 6 nitrogen and oxygen atoms in total. The highest BCUT2D eigenvalue weighted by Crippen LogP contribution is 2.22. The number of carboxylic acids is 1. The third-order valence-electron chi connectivity index (χ3n) is 3.93. The number of hydrogen-bond acceptors (Lipinski definition) is 6. The Morgan fingerprint density at radius 1 is 1.55 bits per heavy atom. The molecule has 22 heavy (non-hydrogen) atoms. The lowest BCUT2D eigenvalue weighted by Gasteiger charge is -2.30. The van der Waals surface area contributed by atoms with Gasteiger partial charge in [-0.05, 0) is 43.8 Å². The monoisotopic (exact) mass is 321 g/mol. The highest BCUT2D eigenvalue weighted by Gasteiger charge is 2.24. The lowest BCUT2D eigenvalue weighted by atomic mass is 9.98. The summed E-state index contributed by atoms with van der Waals surface area (Å²) >= 11 is 1.59. The van der Waals surface area contributed by atoms with E-state index >= 15 is 0 Å². The Labute approximate surface area is 132 Å². The molecular weight excluding hydrogens is 302 g/mol. The molecule has 2 aromatic rings. The molecule has 3 heterocycles. The van der Waals surface area contributed by atoms with E-state index in [-0.39, 0.29) is 5.92 Å². The predicted octanol–water partition coefficient (Wildman–Crippen LogP) is 2.53. The number of aliphatic carboxylic acids is 1. The van der Waals surface area contributed by atoms with Gasteiger partial charge in [0.15, 0.2) is 0 Å². The van der Waals surface area contributed by atoms with Gasteiger partial charge in [-0.15, -0.1) is 11.3 Å². The van der Waals surface area contributed by atoms with Crippen LogP contribution in [-0.2, 0) is 11.2 Å². The van der Waals surface area contributed by atoms with E-state index < -0.39 is 5.97 Å². The van der Waals surface area contributed by atoms with Crippen LogP contribution >= 0.6 is 11.3 Å². The third-order valence-corrected chi connectivity index (χ3v) is 4.80. The van der Waals surface area contributed by atoms with Gasteiger partial charge in [0, 0.05) is 13.0 Å². The Balaban J connectivity index is 1.46. The van der Waals surface area contributed by atoms with Gasteiger partial charge in [-0.3, -0.25) is 4.79 Å². The molecule has 1 atom stereocenters. The zero-order valence-corrected chi connectivity index (χ0v) is 13.1. The van der Waals surface area contributed by atoms with Crippen molar-refractivity contribution in [3.8, 4) is 10.7 Å². The van der Waals surface area contributed by atoms with Crippen LogP contribution in [0.4, 0.5) is 0 Å². The van der Waals surface area contributed by atoms with E-state index in [2.05, 4.69) is 15.0 Å². The number of hydrogen-bond donors (Lipinski definition) is 1. The van der Waals surface area contributed by atoms with Gasteiger partial charge in [0.05, 0.1) is 10.8 Å². The molecule has 1 fully saturated rings. The van der Waals surface area contributed by atoms with E-state index in [9.17, 15) is 4.79 Å². The summed E-state index contributed by atoms with van der Waals surface area (Å²) in [6.45, 7) is 2.51. The second kappa shape index (κ2) is 7.02. The van der Waals surface area contributed by atoms with Gasteiger partial charge >= 0.3 is 5.97 Å². The summed E-state index contributed by atoms with van der Waals surface area (Å²) < 4.78 is 5.27. The van der Waals surface area contributed by atoms with E-state index in [0.29, 0.717) is 18.3 Å². The number of aromatic nitrogens is 2. The first-order chi connectivity index (χ1) is 10.7. The molecule has 1 saturated heterocycles. The number of piperidine rings is 1. The number of carbonyl (C=O) groups is 1. The normalized spacial score (nSPS) is 19.4. The maximum Gasteiger partial charge on any atom is 0.307 e. The molecule has 0 saturated carbocycles.